The molecule has 0 spiro atoms. The highest BCUT2D eigenvalue weighted by Crippen LogP contribution is 2.10. The second-order valence-electron chi connectivity index (χ2n) is 1.92. The fourth-order valence-electron chi connectivity index (χ4n) is 0.688. The first-order valence-corrected chi connectivity index (χ1v) is 3.53. The van der Waals surface area contributed by atoms with Gasteiger partial charge in [0.1, 0.15) is 11.5 Å². The van der Waals surface area contributed by atoms with Crippen LogP contribution in [0.15, 0.2) is 21.3 Å². The van der Waals surface area contributed by atoms with E-state index in [1.54, 1.807) is 6.07 Å². The van der Waals surface area contributed by atoms with Gasteiger partial charge in [-0.25, -0.2) is 4.79 Å². The molecule has 11 heavy (non-hydrogen) atoms. The lowest BCUT2D eigenvalue weighted by molar-refractivity contribution is 0.396. The summed E-state index contributed by atoms with van der Waals surface area (Å²) >= 11 is 5.44. The molecular weight excluding hydrogens is 168 g/mol. The second-order valence-corrected chi connectivity index (χ2v) is 2.18. The molecule has 1 aromatic rings. The van der Waals surface area contributed by atoms with Crippen molar-refractivity contribution in [1.82, 2.24) is 0 Å². The third-order valence-corrected chi connectivity index (χ3v) is 1.43. The molecule has 0 fully saturated rings. The van der Waals surface area contributed by atoms with E-state index >= 15 is 0 Å². The summed E-state index contributed by atoms with van der Waals surface area (Å²) in [5.41, 5.74) is -0.444. The van der Waals surface area contributed by atoms with Crippen molar-refractivity contribution in [2.45, 2.75) is 5.88 Å². The summed E-state index contributed by atoms with van der Waals surface area (Å²) in [5, 5.41) is 0. The average molecular weight is 175 g/mol. The van der Waals surface area contributed by atoms with Crippen LogP contribution in [0.5, 0.6) is 5.75 Å². The monoisotopic (exact) mass is 174 g/mol. The lowest BCUT2D eigenvalue weighted by atomic mass is 10.4. The van der Waals surface area contributed by atoms with E-state index in [9.17, 15) is 4.79 Å². The first-order chi connectivity index (χ1) is 5.26. The zero-order valence-corrected chi connectivity index (χ0v) is 6.72. The molecule has 0 saturated carbocycles. The lowest BCUT2D eigenvalue weighted by Crippen LogP contribution is -1.99. The molecule has 0 aliphatic heterocycles. The maximum Gasteiger partial charge on any atom is 0.339 e. The Balaban J connectivity index is 3.12. The Kier molecular flexibility index (Phi) is 2.54. The van der Waals surface area contributed by atoms with E-state index in [-0.39, 0.29) is 5.88 Å². The summed E-state index contributed by atoms with van der Waals surface area (Å²) in [6, 6.07) is 2.84. The van der Waals surface area contributed by atoms with Crippen LogP contribution in [0.2, 0.25) is 0 Å². The van der Waals surface area contributed by atoms with Crippen LogP contribution >= 0.6 is 11.6 Å². The van der Waals surface area contributed by atoms with E-state index in [2.05, 4.69) is 0 Å². The molecule has 1 rings (SSSR count). The summed E-state index contributed by atoms with van der Waals surface area (Å²) in [6.45, 7) is 0. The van der Waals surface area contributed by atoms with Gasteiger partial charge in [0.15, 0.2) is 0 Å². The van der Waals surface area contributed by atoms with Crippen molar-refractivity contribution >= 4 is 11.6 Å². The fraction of sp³-hybridized carbons (Fsp3) is 0.286. The van der Waals surface area contributed by atoms with E-state index in [4.69, 9.17) is 20.8 Å². The van der Waals surface area contributed by atoms with Gasteiger partial charge in [-0.2, -0.15) is 0 Å². The van der Waals surface area contributed by atoms with E-state index in [0.29, 0.717) is 11.5 Å². The highest BCUT2D eigenvalue weighted by atomic mass is 35.5. The molecule has 60 valence electrons. The number of alkyl halides is 1. The number of halogens is 1. The normalized spacial score (nSPS) is 9.64. The van der Waals surface area contributed by atoms with Gasteiger partial charge in [0.25, 0.3) is 0 Å². The predicted octanol–water partition coefficient (Wildman–Crippen LogP) is 1.39. The van der Waals surface area contributed by atoms with Crippen molar-refractivity contribution in [1.29, 1.82) is 0 Å². The smallest absolute Gasteiger partial charge is 0.339 e. The van der Waals surface area contributed by atoms with Crippen LogP contribution in [-0.4, -0.2) is 7.11 Å². The minimum atomic E-state index is -0.444. The van der Waals surface area contributed by atoms with Gasteiger partial charge in [-0.05, 0) is 0 Å². The Hall–Kier alpha value is -0.960. The first kappa shape index (κ1) is 8.14. The largest absolute Gasteiger partial charge is 0.496 e. The van der Waals surface area contributed by atoms with Gasteiger partial charge in [0.05, 0.1) is 19.1 Å². The van der Waals surface area contributed by atoms with Gasteiger partial charge in [-0.15, -0.1) is 11.6 Å². The van der Waals surface area contributed by atoms with E-state index in [1.165, 1.54) is 13.2 Å². The number of hydrogen-bond donors (Lipinski definition) is 0. The molecule has 0 saturated heterocycles. The van der Waals surface area contributed by atoms with Crippen molar-refractivity contribution in [2.75, 3.05) is 7.11 Å². The van der Waals surface area contributed by atoms with Crippen LogP contribution in [-0.2, 0) is 5.88 Å². The molecule has 0 radical (unpaired) electrons. The number of methoxy groups -OCH3 is 1. The summed E-state index contributed by atoms with van der Waals surface area (Å²) in [4.78, 5) is 10.7. The summed E-state index contributed by atoms with van der Waals surface area (Å²) in [7, 11) is 1.48. The Morgan fingerprint density at radius 2 is 2.36 bits per heavy atom. The van der Waals surface area contributed by atoms with Crippen molar-refractivity contribution < 1.29 is 9.15 Å². The van der Waals surface area contributed by atoms with Gasteiger partial charge < -0.3 is 9.15 Å². The van der Waals surface area contributed by atoms with Gasteiger partial charge in [-0.1, -0.05) is 0 Å². The average Bonchev–Trinajstić information content (AvgIpc) is 2.03. The number of hydrogen-bond acceptors (Lipinski definition) is 3. The highest BCUT2D eigenvalue weighted by molar-refractivity contribution is 6.16. The molecule has 0 amide bonds. The zero-order valence-electron chi connectivity index (χ0n) is 5.96. The molecule has 0 N–H and O–H groups in total. The van der Waals surface area contributed by atoms with Crippen LogP contribution in [0, 0.1) is 0 Å². The van der Waals surface area contributed by atoms with Crippen LogP contribution in [0.3, 0.4) is 0 Å². The predicted molar refractivity (Wildman–Crippen MR) is 41.1 cm³/mol. The number of ether oxygens (including phenoxy) is 1. The van der Waals surface area contributed by atoms with E-state index in [0.717, 1.165) is 0 Å². The number of rotatable bonds is 2. The van der Waals surface area contributed by atoms with Gasteiger partial charge in [0, 0.05) is 6.07 Å². The van der Waals surface area contributed by atoms with Gasteiger partial charge in [0.2, 0.25) is 0 Å². The van der Waals surface area contributed by atoms with Crippen molar-refractivity contribution in [3.63, 3.8) is 0 Å². The molecule has 1 heterocycles. The molecule has 3 nitrogen and oxygen atoms in total. The van der Waals surface area contributed by atoms with E-state index in [1.807, 2.05) is 0 Å². The van der Waals surface area contributed by atoms with Crippen LogP contribution in [0.25, 0.3) is 0 Å². The van der Waals surface area contributed by atoms with Crippen LogP contribution < -0.4 is 10.4 Å². The quantitative estimate of drug-likeness (QED) is 0.636. The second kappa shape index (κ2) is 3.44. The molecule has 0 unspecified atom stereocenters. The topological polar surface area (TPSA) is 39.4 Å². The maximum absolute atomic E-state index is 10.7. The minimum absolute atomic E-state index is 0.173. The third kappa shape index (κ3) is 1.98. The molecule has 0 aliphatic carbocycles. The molecule has 0 atom stereocenters. The summed E-state index contributed by atoms with van der Waals surface area (Å²) in [5.74, 6) is 1.06. The molecule has 4 heteroatoms. The van der Waals surface area contributed by atoms with Crippen molar-refractivity contribution in [3.05, 3.63) is 28.3 Å². The third-order valence-electron chi connectivity index (χ3n) is 1.16. The summed E-state index contributed by atoms with van der Waals surface area (Å²) < 4.78 is 9.52. The van der Waals surface area contributed by atoms with E-state index < -0.39 is 5.63 Å². The first-order valence-electron chi connectivity index (χ1n) is 3.00. The molecule has 1 aromatic heterocycles. The Morgan fingerprint density at radius 3 is 2.91 bits per heavy atom. The standard InChI is InChI=1S/C7H7ClO3/c1-10-5-2-6(4-8)11-7(9)3-5/h2-3H,4H2,1H3. The van der Waals surface area contributed by atoms with Crippen molar-refractivity contribution in [2.24, 2.45) is 0 Å². The molecule has 0 aliphatic rings. The summed E-state index contributed by atoms with van der Waals surface area (Å²) in [6.07, 6.45) is 0. The highest BCUT2D eigenvalue weighted by Gasteiger charge is 1.98. The van der Waals surface area contributed by atoms with Gasteiger partial charge >= 0.3 is 5.63 Å². The maximum atomic E-state index is 10.7. The Morgan fingerprint density at radius 1 is 1.64 bits per heavy atom. The van der Waals surface area contributed by atoms with Gasteiger partial charge in [-0.3, -0.25) is 0 Å². The Bertz CT molecular complexity index is 267. The Labute approximate surface area is 68.5 Å². The van der Waals surface area contributed by atoms with Crippen LogP contribution in [0.1, 0.15) is 5.76 Å². The zero-order chi connectivity index (χ0) is 8.27. The van der Waals surface area contributed by atoms with Crippen LogP contribution in [0.4, 0.5) is 0 Å². The molecule has 0 bridgehead atoms. The van der Waals surface area contributed by atoms with Crippen molar-refractivity contribution in [3.8, 4) is 5.75 Å². The molecular formula is C7H7ClO3. The minimum Gasteiger partial charge on any atom is -0.496 e. The SMILES string of the molecule is COc1cc(CCl)oc(=O)c1. The fourth-order valence-corrected chi connectivity index (χ4v) is 0.820. The molecule has 0 aromatic carbocycles. The lowest BCUT2D eigenvalue weighted by Gasteiger charge is -1.98.